The Labute approximate surface area is 137 Å². The standard InChI is InChI=1S/C16H16FN5O2/c1-2-22-16-11(9-19-22)13(5-6-18-16)20-14-4-3-10(7-12(14)17)8-15(23)21-24/h3-7,9,24H,2,8H2,1H3,(H,18,20)(H,21,23). The Morgan fingerprint density at radius 1 is 1.33 bits per heavy atom. The highest BCUT2D eigenvalue weighted by Gasteiger charge is 2.11. The van der Waals surface area contributed by atoms with Crippen LogP contribution in [0.15, 0.2) is 36.7 Å². The fraction of sp³-hybridized carbons (Fsp3) is 0.188. The highest BCUT2D eigenvalue weighted by Crippen LogP contribution is 2.26. The molecule has 0 aliphatic carbocycles. The highest BCUT2D eigenvalue weighted by atomic mass is 19.1. The first-order valence-corrected chi connectivity index (χ1v) is 7.41. The smallest absolute Gasteiger partial charge is 0.247 e. The maximum atomic E-state index is 14.3. The van der Waals surface area contributed by atoms with Gasteiger partial charge in [-0.05, 0) is 30.7 Å². The van der Waals surface area contributed by atoms with Crippen LogP contribution in [-0.2, 0) is 17.8 Å². The van der Waals surface area contributed by atoms with Crippen molar-refractivity contribution in [2.45, 2.75) is 19.9 Å². The zero-order valence-electron chi connectivity index (χ0n) is 13.0. The zero-order valence-corrected chi connectivity index (χ0v) is 13.0. The fourth-order valence-corrected chi connectivity index (χ4v) is 2.46. The molecule has 124 valence electrons. The van der Waals surface area contributed by atoms with Crippen molar-refractivity contribution in [2.24, 2.45) is 0 Å². The van der Waals surface area contributed by atoms with Crippen molar-refractivity contribution < 1.29 is 14.4 Å². The minimum absolute atomic E-state index is 0.101. The van der Waals surface area contributed by atoms with E-state index < -0.39 is 11.7 Å². The first-order valence-electron chi connectivity index (χ1n) is 7.41. The average Bonchev–Trinajstić information content (AvgIpc) is 3.01. The summed E-state index contributed by atoms with van der Waals surface area (Å²) in [6.07, 6.45) is 3.22. The van der Waals surface area contributed by atoms with Crippen molar-refractivity contribution in [3.8, 4) is 0 Å². The predicted octanol–water partition coefficient (Wildman–Crippen LogP) is 2.38. The lowest BCUT2D eigenvalue weighted by Gasteiger charge is -2.10. The van der Waals surface area contributed by atoms with E-state index in [0.717, 1.165) is 11.0 Å². The summed E-state index contributed by atoms with van der Waals surface area (Å²) >= 11 is 0. The summed E-state index contributed by atoms with van der Waals surface area (Å²) in [5.41, 5.74) is 3.68. The van der Waals surface area contributed by atoms with Gasteiger partial charge in [0.05, 0.1) is 29.4 Å². The van der Waals surface area contributed by atoms with E-state index in [4.69, 9.17) is 5.21 Å². The van der Waals surface area contributed by atoms with Crippen LogP contribution in [0.3, 0.4) is 0 Å². The molecule has 0 atom stereocenters. The Morgan fingerprint density at radius 2 is 2.17 bits per heavy atom. The number of carbonyl (C=O) groups is 1. The molecule has 2 heterocycles. The summed E-state index contributed by atoms with van der Waals surface area (Å²) in [4.78, 5) is 15.4. The summed E-state index contributed by atoms with van der Waals surface area (Å²) in [6, 6.07) is 6.17. The van der Waals surface area contributed by atoms with E-state index in [1.165, 1.54) is 11.5 Å². The van der Waals surface area contributed by atoms with E-state index in [1.54, 1.807) is 35.3 Å². The van der Waals surface area contributed by atoms with Crippen molar-refractivity contribution in [3.05, 3.63) is 48.0 Å². The third-order valence-corrected chi connectivity index (χ3v) is 3.63. The van der Waals surface area contributed by atoms with E-state index in [9.17, 15) is 9.18 Å². The summed E-state index contributed by atoms with van der Waals surface area (Å²) in [5, 5.41) is 16.6. The van der Waals surface area contributed by atoms with Crippen LogP contribution in [0.5, 0.6) is 0 Å². The molecule has 7 nitrogen and oxygen atoms in total. The third kappa shape index (κ3) is 3.04. The van der Waals surface area contributed by atoms with Crippen LogP contribution in [0.25, 0.3) is 11.0 Å². The zero-order chi connectivity index (χ0) is 17.1. The lowest BCUT2D eigenvalue weighted by Crippen LogP contribution is -2.20. The number of carbonyl (C=O) groups excluding carboxylic acids is 1. The Hall–Kier alpha value is -3.00. The topological polar surface area (TPSA) is 92.1 Å². The number of amides is 1. The van der Waals surface area contributed by atoms with E-state index >= 15 is 0 Å². The quantitative estimate of drug-likeness (QED) is 0.494. The van der Waals surface area contributed by atoms with E-state index in [1.807, 2.05) is 6.92 Å². The van der Waals surface area contributed by atoms with E-state index in [2.05, 4.69) is 15.4 Å². The van der Waals surface area contributed by atoms with Crippen LogP contribution in [0, 0.1) is 5.82 Å². The number of benzene rings is 1. The number of nitrogens with zero attached hydrogens (tertiary/aromatic N) is 3. The van der Waals surface area contributed by atoms with Gasteiger partial charge in [0.1, 0.15) is 5.82 Å². The molecule has 0 fully saturated rings. The highest BCUT2D eigenvalue weighted by molar-refractivity contribution is 5.90. The maximum Gasteiger partial charge on any atom is 0.247 e. The largest absolute Gasteiger partial charge is 0.352 e. The average molecular weight is 329 g/mol. The number of hydroxylamine groups is 1. The van der Waals surface area contributed by atoms with Crippen LogP contribution < -0.4 is 10.8 Å². The second-order valence-electron chi connectivity index (χ2n) is 5.21. The Kier molecular flexibility index (Phi) is 4.39. The number of hydrogen-bond donors (Lipinski definition) is 3. The van der Waals surface area contributed by atoms with Crippen molar-refractivity contribution in [1.29, 1.82) is 0 Å². The molecule has 0 aliphatic heterocycles. The minimum atomic E-state index is -0.599. The first kappa shape index (κ1) is 15.9. The molecule has 2 aromatic heterocycles. The minimum Gasteiger partial charge on any atom is -0.352 e. The van der Waals surface area contributed by atoms with Crippen molar-refractivity contribution in [2.75, 3.05) is 5.32 Å². The summed E-state index contributed by atoms with van der Waals surface area (Å²) < 4.78 is 16.0. The number of rotatable bonds is 5. The number of aromatic nitrogens is 3. The SMILES string of the molecule is CCn1ncc2c(Nc3ccc(CC(=O)NO)cc3F)ccnc21. The molecule has 24 heavy (non-hydrogen) atoms. The van der Waals surface area contributed by atoms with Gasteiger partial charge in [-0.2, -0.15) is 5.10 Å². The van der Waals surface area contributed by atoms with Gasteiger partial charge in [-0.1, -0.05) is 6.07 Å². The number of halogens is 1. The molecule has 8 heteroatoms. The molecule has 0 bridgehead atoms. The number of pyridine rings is 1. The molecule has 1 aromatic carbocycles. The Bertz CT molecular complexity index is 893. The van der Waals surface area contributed by atoms with Gasteiger partial charge in [0.2, 0.25) is 5.91 Å². The van der Waals surface area contributed by atoms with Gasteiger partial charge < -0.3 is 5.32 Å². The molecule has 0 unspecified atom stereocenters. The number of hydrogen-bond acceptors (Lipinski definition) is 5. The van der Waals surface area contributed by atoms with E-state index in [0.29, 0.717) is 17.8 Å². The first-order chi connectivity index (χ1) is 11.6. The monoisotopic (exact) mass is 329 g/mol. The van der Waals surface area contributed by atoms with Gasteiger partial charge in [0.15, 0.2) is 5.65 Å². The van der Waals surface area contributed by atoms with Gasteiger partial charge in [0, 0.05) is 12.7 Å². The molecule has 3 N–H and O–H groups in total. The normalized spacial score (nSPS) is 10.8. The molecular formula is C16H16FN5O2. The molecular weight excluding hydrogens is 313 g/mol. The molecule has 0 saturated heterocycles. The number of nitrogens with one attached hydrogen (secondary N) is 2. The third-order valence-electron chi connectivity index (χ3n) is 3.63. The predicted molar refractivity (Wildman–Crippen MR) is 86.5 cm³/mol. The van der Waals surface area contributed by atoms with Crippen LogP contribution in [0.4, 0.5) is 15.8 Å². The molecule has 0 spiro atoms. The number of fused-ring (bicyclic) bond motifs is 1. The fourth-order valence-electron chi connectivity index (χ4n) is 2.46. The molecule has 0 aliphatic rings. The summed E-state index contributed by atoms with van der Waals surface area (Å²) in [6.45, 7) is 2.66. The number of aryl methyl sites for hydroxylation is 1. The van der Waals surface area contributed by atoms with Gasteiger partial charge in [0.25, 0.3) is 0 Å². The van der Waals surface area contributed by atoms with Crippen LogP contribution in [0.2, 0.25) is 0 Å². The Balaban J connectivity index is 1.89. The van der Waals surface area contributed by atoms with Gasteiger partial charge in [-0.25, -0.2) is 19.5 Å². The van der Waals surface area contributed by atoms with Crippen LogP contribution >= 0.6 is 0 Å². The summed E-state index contributed by atoms with van der Waals surface area (Å²) in [7, 11) is 0. The molecule has 0 radical (unpaired) electrons. The molecule has 0 saturated carbocycles. The molecule has 3 aromatic rings. The molecule has 1 amide bonds. The summed E-state index contributed by atoms with van der Waals surface area (Å²) in [5.74, 6) is -1.09. The second kappa shape index (κ2) is 6.63. The van der Waals surface area contributed by atoms with E-state index in [-0.39, 0.29) is 12.1 Å². The Morgan fingerprint density at radius 3 is 2.88 bits per heavy atom. The van der Waals surface area contributed by atoms with Crippen molar-refractivity contribution in [1.82, 2.24) is 20.2 Å². The lowest BCUT2D eigenvalue weighted by atomic mass is 10.1. The van der Waals surface area contributed by atoms with Gasteiger partial charge in [-0.3, -0.25) is 10.0 Å². The van der Waals surface area contributed by atoms with Crippen LogP contribution in [0.1, 0.15) is 12.5 Å². The van der Waals surface area contributed by atoms with Crippen LogP contribution in [-0.4, -0.2) is 25.9 Å². The van der Waals surface area contributed by atoms with Gasteiger partial charge >= 0.3 is 0 Å². The molecule has 3 rings (SSSR count). The van der Waals surface area contributed by atoms with Crippen molar-refractivity contribution >= 4 is 28.3 Å². The number of anilines is 2. The lowest BCUT2D eigenvalue weighted by molar-refractivity contribution is -0.128. The van der Waals surface area contributed by atoms with Crippen molar-refractivity contribution in [3.63, 3.8) is 0 Å². The maximum absolute atomic E-state index is 14.3. The second-order valence-corrected chi connectivity index (χ2v) is 5.21. The van der Waals surface area contributed by atoms with Gasteiger partial charge in [-0.15, -0.1) is 0 Å².